The maximum atomic E-state index is 11.0. The van der Waals surface area contributed by atoms with Gasteiger partial charge in [-0.3, -0.25) is 4.79 Å². The van der Waals surface area contributed by atoms with Crippen molar-refractivity contribution in [3.63, 3.8) is 0 Å². The predicted octanol–water partition coefficient (Wildman–Crippen LogP) is 7.03. The van der Waals surface area contributed by atoms with Crippen molar-refractivity contribution in [3.8, 4) is 0 Å². The molecule has 4 fully saturated rings. The molecule has 460 valence electrons. The van der Waals surface area contributed by atoms with Crippen LogP contribution < -0.4 is 0 Å². The standard InChI is InChI=1S/C29H56O8Si8.C10H26O6Si4.C8H16O2Si.C2H6O2/c1-29(2,27-19-15-25(16-20-27)13-11-23-44(9)34-40(5)30-38(3)31-41(6)35-44)28-21-17-26(18-22-28)14-12-24-45(10)36-42(7)32-39(4)33-43(8)37-45;1-17-13-18(2)15-20(4,16-19(3)14-17)7-5-6-11-8-10-9-12-10;1-7(2)8(9)5-4-6-11-10-3;1-3-4-2/h15-22,38-43H,11-14,23-24H2,1-10H3;10,17-19H,5-9H2,1-4H3;1,4-6,11H2,2-3H3;1-2H3. The maximum Gasteiger partial charge on any atom is 0.317 e. The van der Waals surface area contributed by atoms with Gasteiger partial charge in [-0.2, -0.15) is 0 Å². The van der Waals surface area contributed by atoms with Crippen LogP contribution in [0.3, 0.4) is 0 Å². The van der Waals surface area contributed by atoms with Gasteiger partial charge in [0.05, 0.1) is 27.4 Å². The Hall–Kier alpha value is -0.0105. The van der Waals surface area contributed by atoms with E-state index in [2.05, 4.69) is 157 Å². The average molecular weight is 1350 g/mol. The zero-order chi connectivity index (χ0) is 59.5. The molecule has 7 unspecified atom stereocenters. The lowest BCUT2D eigenvalue weighted by Crippen LogP contribution is -2.53. The van der Waals surface area contributed by atoms with Gasteiger partial charge in [0, 0.05) is 25.6 Å². The fourth-order valence-electron chi connectivity index (χ4n) is 9.62. The number of hydrogen-bond donors (Lipinski definition) is 0. The van der Waals surface area contributed by atoms with Crippen LogP contribution in [0.4, 0.5) is 0 Å². The van der Waals surface area contributed by atoms with Gasteiger partial charge < -0.3 is 63.3 Å². The lowest BCUT2D eigenvalue weighted by Gasteiger charge is -2.37. The molecule has 18 nitrogen and oxygen atoms in total. The molecule has 0 aliphatic carbocycles. The van der Waals surface area contributed by atoms with Crippen molar-refractivity contribution >= 4 is 125 Å². The van der Waals surface area contributed by atoms with E-state index in [9.17, 15) is 4.79 Å². The molecule has 0 spiro atoms. The first-order valence-electron chi connectivity index (χ1n) is 28.8. The molecular formula is C49H104O18Si13. The number of rotatable bonds is 23. The smallest absolute Gasteiger partial charge is 0.317 e. The van der Waals surface area contributed by atoms with E-state index in [1.54, 1.807) is 14.0 Å². The Balaban J connectivity index is 0.000000391. The monoisotopic (exact) mass is 1340 g/mol. The average Bonchev–Trinajstić information content (AvgIpc) is 4.19. The van der Waals surface area contributed by atoms with E-state index < -0.39 is 109 Å². The SMILES string of the molecule is C=C(C)C(=O)CCC[SiH2]OC.COOC.C[SiH]1O[SiH](C)O[Si](C)(CCCOCC2CO2)O[SiH](C)O1.C[SiH]1O[SiH](C)O[Si](C)(CCCc2ccc(C(C)(C)c3ccc(CCC[Si]4(C)O[SiH](C)O[SiH](C)O[SiH](C)O4)cc3)cc2)O[SiH](C)O1. The minimum atomic E-state index is -2.27. The third-order valence-electron chi connectivity index (χ3n) is 13.6. The Labute approximate surface area is 503 Å². The summed E-state index contributed by atoms with van der Waals surface area (Å²) in [6, 6.07) is 22.3. The summed E-state index contributed by atoms with van der Waals surface area (Å²) in [7, 11) is -17.1. The summed E-state index contributed by atoms with van der Waals surface area (Å²) >= 11 is 0. The van der Waals surface area contributed by atoms with Gasteiger partial charge >= 0.3 is 25.7 Å². The van der Waals surface area contributed by atoms with Crippen LogP contribution >= 0.6 is 0 Å². The molecule has 31 heteroatoms. The van der Waals surface area contributed by atoms with Gasteiger partial charge in [-0.1, -0.05) is 69.0 Å². The van der Waals surface area contributed by atoms with Crippen LogP contribution in [0.1, 0.15) is 75.1 Å². The zero-order valence-corrected chi connectivity index (χ0v) is 66.9. The van der Waals surface area contributed by atoms with E-state index in [0.717, 1.165) is 75.9 Å². The van der Waals surface area contributed by atoms with E-state index in [1.165, 1.54) is 36.5 Å². The molecule has 0 N–H and O–H groups in total. The largest absolute Gasteiger partial charge is 0.427 e. The van der Waals surface area contributed by atoms with Crippen LogP contribution in [-0.2, 0) is 96.1 Å². The van der Waals surface area contributed by atoms with E-state index in [1.807, 2.05) is 0 Å². The van der Waals surface area contributed by atoms with Crippen LogP contribution in [0.15, 0.2) is 60.7 Å². The number of Topliss-reactive ketones (excluding diaryl/α,β-unsaturated/α-hetero) is 1. The Morgan fingerprint density at radius 3 is 1.21 bits per heavy atom. The van der Waals surface area contributed by atoms with Gasteiger partial charge in [-0.25, -0.2) is 9.78 Å². The molecule has 2 aromatic carbocycles. The summed E-state index contributed by atoms with van der Waals surface area (Å²) in [5.41, 5.74) is 5.96. The first kappa shape index (κ1) is 74.2. The topological polar surface area (TPSA) is 177 Å². The number of allylic oxidation sites excluding steroid dienone is 1. The molecule has 0 saturated carbocycles. The Kier molecular flexibility index (Phi) is 35.6. The highest BCUT2D eigenvalue weighted by atomic mass is 28.5. The first-order valence-corrected chi connectivity index (χ1v) is 56.9. The van der Waals surface area contributed by atoms with Crippen molar-refractivity contribution in [2.24, 2.45) is 0 Å². The van der Waals surface area contributed by atoms with Gasteiger partial charge in [0.2, 0.25) is 0 Å². The Bertz CT molecular complexity index is 1910. The molecule has 7 atom stereocenters. The van der Waals surface area contributed by atoms with E-state index in [-0.39, 0.29) is 21.0 Å². The molecule has 0 bridgehead atoms. The molecule has 4 aliphatic heterocycles. The highest BCUT2D eigenvalue weighted by Crippen LogP contribution is 2.33. The molecule has 0 amide bonds. The highest BCUT2D eigenvalue weighted by molar-refractivity contribution is 6.82. The summed E-state index contributed by atoms with van der Waals surface area (Å²) in [5.74, 6) is 0.190. The van der Waals surface area contributed by atoms with Crippen molar-refractivity contribution in [1.29, 1.82) is 0 Å². The van der Waals surface area contributed by atoms with Gasteiger partial charge in [-0.15, -0.1) is 0 Å². The van der Waals surface area contributed by atoms with Crippen molar-refractivity contribution in [2.75, 3.05) is 41.2 Å². The van der Waals surface area contributed by atoms with Crippen LogP contribution in [-0.4, -0.2) is 172 Å². The van der Waals surface area contributed by atoms with E-state index in [0.29, 0.717) is 24.7 Å². The Morgan fingerprint density at radius 2 is 0.912 bits per heavy atom. The molecule has 0 radical (unpaired) electrons. The molecule has 4 aliphatic rings. The molecule has 80 heavy (non-hydrogen) atoms. The number of aryl methyl sites for hydroxylation is 2. The highest BCUT2D eigenvalue weighted by Gasteiger charge is 2.41. The number of epoxide rings is 1. The summed E-state index contributed by atoms with van der Waals surface area (Å²) in [5, 5.41) is 0. The lowest BCUT2D eigenvalue weighted by atomic mass is 9.77. The van der Waals surface area contributed by atoms with Crippen molar-refractivity contribution in [1.82, 2.24) is 0 Å². The number of carbonyl (C=O) groups is 1. The van der Waals surface area contributed by atoms with Crippen LogP contribution in [0.2, 0.25) is 103 Å². The van der Waals surface area contributed by atoms with Crippen LogP contribution in [0.5, 0.6) is 0 Å². The van der Waals surface area contributed by atoms with E-state index in [4.69, 9.17) is 63.3 Å². The second-order valence-electron chi connectivity index (χ2n) is 21.9. The predicted molar refractivity (Wildman–Crippen MR) is 350 cm³/mol. The zero-order valence-electron chi connectivity index (χ0n) is 52.1. The summed E-state index contributed by atoms with van der Waals surface area (Å²) < 4.78 is 90.0. The van der Waals surface area contributed by atoms with Crippen molar-refractivity contribution in [3.05, 3.63) is 82.9 Å². The molecule has 0 aromatic heterocycles. The molecule has 4 saturated heterocycles. The van der Waals surface area contributed by atoms with Gasteiger partial charge in [0.1, 0.15) is 6.10 Å². The number of ether oxygens (including phenoxy) is 2. The van der Waals surface area contributed by atoms with E-state index >= 15 is 0 Å². The molecule has 6 rings (SSSR count). The number of ketones is 1. The molecular weight excluding hydrogens is 1240 g/mol. The third kappa shape index (κ3) is 30.6. The number of benzene rings is 2. The third-order valence-corrected chi connectivity index (χ3v) is 56.9. The van der Waals surface area contributed by atoms with Gasteiger partial charge in [-0.05, 0) is 176 Å². The molecule has 4 heterocycles. The quantitative estimate of drug-likeness (QED) is 0.0276. The Morgan fingerprint density at radius 1 is 0.575 bits per heavy atom. The van der Waals surface area contributed by atoms with Gasteiger partial charge in [0.25, 0.3) is 83.6 Å². The normalized spacial score (nSPS) is 31.2. The second kappa shape index (κ2) is 38.3. The van der Waals surface area contributed by atoms with Crippen LogP contribution in [0.25, 0.3) is 0 Å². The fraction of sp³-hybridized carbons (Fsp3) is 0.694. The van der Waals surface area contributed by atoms with Crippen molar-refractivity contribution < 1.29 is 77.9 Å². The minimum Gasteiger partial charge on any atom is -0.427 e. The second-order valence-corrected chi connectivity index (χ2v) is 54.3. The fourth-order valence-corrected chi connectivity index (χ4v) is 54.4. The summed E-state index contributed by atoms with van der Waals surface area (Å²) in [6.45, 7) is 37.6. The number of hydrogen-bond acceptors (Lipinski definition) is 18. The lowest BCUT2D eigenvalue weighted by molar-refractivity contribution is -0.248. The summed E-state index contributed by atoms with van der Waals surface area (Å²) in [4.78, 5) is 19.1. The van der Waals surface area contributed by atoms with Gasteiger partial charge in [0.15, 0.2) is 15.5 Å². The first-order chi connectivity index (χ1) is 37.7. The maximum absolute atomic E-state index is 11.0. The minimum absolute atomic E-state index is 0.0805. The summed E-state index contributed by atoms with van der Waals surface area (Å²) in [6.07, 6.45) is 7.04. The van der Waals surface area contributed by atoms with Crippen LogP contribution in [0, 0.1) is 0 Å². The number of carbonyl (C=O) groups excluding carboxylic acids is 1. The van der Waals surface area contributed by atoms with Crippen molar-refractivity contribution in [2.45, 2.75) is 180 Å². The molecule has 2 aromatic rings.